The van der Waals surface area contributed by atoms with E-state index >= 15 is 0 Å². The highest BCUT2D eigenvalue weighted by Gasteiger charge is 2.39. The number of rotatable bonds is 4. The Hall–Kier alpha value is -0.420. The molecule has 1 amide bonds. The maximum atomic E-state index is 12.4. The van der Waals surface area contributed by atoms with E-state index in [9.17, 15) is 9.59 Å². The summed E-state index contributed by atoms with van der Waals surface area (Å²) in [6, 6.07) is -0.473. The molecule has 0 aromatic heterocycles. The zero-order valence-corrected chi connectivity index (χ0v) is 12.6. The summed E-state index contributed by atoms with van der Waals surface area (Å²) in [5.74, 6) is 1.30. The summed E-state index contributed by atoms with van der Waals surface area (Å²) in [4.78, 5) is 25.9. The SMILES string of the molecule is CCOC(=O)C1CSCCN1C(=O)C(C)(C)CCl. The van der Waals surface area contributed by atoms with Crippen LogP contribution < -0.4 is 0 Å². The molecule has 4 nitrogen and oxygen atoms in total. The summed E-state index contributed by atoms with van der Waals surface area (Å²) < 4.78 is 5.03. The molecule has 6 heteroatoms. The molecule has 0 radical (unpaired) electrons. The van der Waals surface area contributed by atoms with E-state index in [0.717, 1.165) is 5.75 Å². The fourth-order valence-corrected chi connectivity index (χ4v) is 2.87. The van der Waals surface area contributed by atoms with Gasteiger partial charge in [-0.1, -0.05) is 0 Å². The summed E-state index contributed by atoms with van der Waals surface area (Å²) in [5, 5.41) is 0. The minimum absolute atomic E-state index is 0.0733. The average molecular weight is 294 g/mol. The standard InChI is InChI=1S/C12H20ClNO3S/c1-4-17-10(15)9-7-18-6-5-14(9)11(16)12(2,3)8-13/h9H,4-8H2,1-3H3. The lowest BCUT2D eigenvalue weighted by molar-refractivity contribution is -0.156. The van der Waals surface area contributed by atoms with Gasteiger partial charge in [0.1, 0.15) is 6.04 Å². The van der Waals surface area contributed by atoms with Gasteiger partial charge in [0.15, 0.2) is 0 Å². The van der Waals surface area contributed by atoms with Crippen LogP contribution in [0.5, 0.6) is 0 Å². The number of halogens is 1. The van der Waals surface area contributed by atoms with Crippen molar-refractivity contribution >= 4 is 35.2 Å². The van der Waals surface area contributed by atoms with Gasteiger partial charge in [-0.25, -0.2) is 4.79 Å². The molecule has 104 valence electrons. The lowest BCUT2D eigenvalue weighted by Crippen LogP contribution is -2.55. The van der Waals surface area contributed by atoms with Crippen molar-refractivity contribution in [3.8, 4) is 0 Å². The first-order valence-electron chi connectivity index (χ1n) is 6.05. The largest absolute Gasteiger partial charge is 0.464 e. The Morgan fingerprint density at radius 3 is 2.72 bits per heavy atom. The van der Waals surface area contributed by atoms with Gasteiger partial charge in [-0.05, 0) is 20.8 Å². The first kappa shape index (κ1) is 15.6. The topological polar surface area (TPSA) is 46.6 Å². The van der Waals surface area contributed by atoms with Crippen LogP contribution in [-0.2, 0) is 14.3 Å². The van der Waals surface area contributed by atoms with Crippen LogP contribution in [0.25, 0.3) is 0 Å². The quantitative estimate of drug-likeness (QED) is 0.585. The second-order valence-electron chi connectivity index (χ2n) is 4.86. The smallest absolute Gasteiger partial charge is 0.329 e. The Bertz CT molecular complexity index is 322. The van der Waals surface area contributed by atoms with E-state index in [1.807, 2.05) is 0 Å². The number of amides is 1. The molecule has 1 aliphatic heterocycles. The highest BCUT2D eigenvalue weighted by Crippen LogP contribution is 2.26. The van der Waals surface area contributed by atoms with Gasteiger partial charge in [0.2, 0.25) is 5.91 Å². The van der Waals surface area contributed by atoms with E-state index < -0.39 is 11.5 Å². The predicted octanol–water partition coefficient (Wildman–Crippen LogP) is 1.76. The average Bonchev–Trinajstić information content (AvgIpc) is 2.38. The van der Waals surface area contributed by atoms with Gasteiger partial charge in [0, 0.05) is 23.9 Å². The van der Waals surface area contributed by atoms with Crippen molar-refractivity contribution in [1.82, 2.24) is 4.90 Å². The third kappa shape index (κ3) is 3.54. The molecule has 1 saturated heterocycles. The first-order valence-corrected chi connectivity index (χ1v) is 7.74. The molecule has 1 rings (SSSR count). The van der Waals surface area contributed by atoms with Gasteiger partial charge < -0.3 is 9.64 Å². The number of carbonyl (C=O) groups is 2. The van der Waals surface area contributed by atoms with Crippen LogP contribution >= 0.6 is 23.4 Å². The molecule has 0 N–H and O–H groups in total. The van der Waals surface area contributed by atoms with Crippen molar-refractivity contribution in [2.75, 3.05) is 30.5 Å². The van der Waals surface area contributed by atoms with Crippen LogP contribution in [-0.4, -0.2) is 53.4 Å². The van der Waals surface area contributed by atoms with Crippen molar-refractivity contribution in [2.45, 2.75) is 26.8 Å². The van der Waals surface area contributed by atoms with Gasteiger partial charge in [-0.3, -0.25) is 4.79 Å². The molecule has 1 atom stereocenters. The van der Waals surface area contributed by atoms with Gasteiger partial charge in [0.25, 0.3) is 0 Å². The minimum atomic E-state index is -0.645. The number of carbonyl (C=O) groups excluding carboxylic acids is 2. The second-order valence-corrected chi connectivity index (χ2v) is 6.28. The highest BCUT2D eigenvalue weighted by molar-refractivity contribution is 7.99. The summed E-state index contributed by atoms with van der Waals surface area (Å²) in [5.41, 5.74) is -0.645. The van der Waals surface area contributed by atoms with Crippen molar-refractivity contribution in [3.05, 3.63) is 0 Å². The van der Waals surface area contributed by atoms with E-state index in [0.29, 0.717) is 18.9 Å². The maximum Gasteiger partial charge on any atom is 0.329 e. The molecular weight excluding hydrogens is 274 g/mol. The van der Waals surface area contributed by atoms with Gasteiger partial charge in [-0.15, -0.1) is 11.6 Å². The molecular formula is C12H20ClNO3S. The molecule has 1 heterocycles. The summed E-state index contributed by atoms with van der Waals surface area (Å²) in [7, 11) is 0. The maximum absolute atomic E-state index is 12.4. The molecule has 0 aliphatic carbocycles. The summed E-state index contributed by atoms with van der Waals surface area (Å²) in [6.45, 7) is 6.27. The Balaban J connectivity index is 2.82. The van der Waals surface area contributed by atoms with Crippen molar-refractivity contribution < 1.29 is 14.3 Å². The van der Waals surface area contributed by atoms with Crippen LogP contribution in [0.1, 0.15) is 20.8 Å². The number of ether oxygens (including phenoxy) is 1. The highest BCUT2D eigenvalue weighted by atomic mass is 35.5. The number of hydrogen-bond donors (Lipinski definition) is 0. The zero-order chi connectivity index (χ0) is 13.8. The van der Waals surface area contributed by atoms with Crippen molar-refractivity contribution in [3.63, 3.8) is 0 Å². The Labute approximate surface area is 117 Å². The lowest BCUT2D eigenvalue weighted by Gasteiger charge is -2.38. The van der Waals surface area contributed by atoms with Crippen LogP contribution in [0.4, 0.5) is 0 Å². The number of nitrogens with zero attached hydrogens (tertiary/aromatic N) is 1. The monoisotopic (exact) mass is 293 g/mol. The van der Waals surface area contributed by atoms with E-state index in [-0.39, 0.29) is 17.8 Å². The van der Waals surface area contributed by atoms with Crippen LogP contribution in [0.3, 0.4) is 0 Å². The molecule has 1 aliphatic rings. The van der Waals surface area contributed by atoms with E-state index in [1.165, 1.54) is 0 Å². The normalized spacial score (nSPS) is 20.7. The number of thioether (sulfide) groups is 1. The molecule has 18 heavy (non-hydrogen) atoms. The van der Waals surface area contributed by atoms with Gasteiger partial charge in [0.05, 0.1) is 12.0 Å². The number of alkyl halides is 1. The molecule has 0 bridgehead atoms. The molecule has 0 aromatic carbocycles. The summed E-state index contributed by atoms with van der Waals surface area (Å²) in [6.07, 6.45) is 0. The van der Waals surface area contributed by atoms with Gasteiger partial charge in [-0.2, -0.15) is 11.8 Å². The van der Waals surface area contributed by atoms with Crippen LogP contribution in [0.15, 0.2) is 0 Å². The minimum Gasteiger partial charge on any atom is -0.464 e. The predicted molar refractivity (Wildman–Crippen MR) is 74.0 cm³/mol. The fourth-order valence-electron chi connectivity index (χ4n) is 1.73. The number of esters is 1. The van der Waals surface area contributed by atoms with Crippen molar-refractivity contribution in [1.29, 1.82) is 0 Å². The molecule has 0 aromatic rings. The van der Waals surface area contributed by atoms with Crippen molar-refractivity contribution in [2.24, 2.45) is 5.41 Å². The molecule has 1 fully saturated rings. The third-order valence-electron chi connectivity index (χ3n) is 2.86. The van der Waals surface area contributed by atoms with Crippen LogP contribution in [0.2, 0.25) is 0 Å². The van der Waals surface area contributed by atoms with E-state index in [2.05, 4.69) is 0 Å². The number of hydrogen-bond acceptors (Lipinski definition) is 4. The Morgan fingerprint density at radius 2 is 2.17 bits per heavy atom. The fraction of sp³-hybridized carbons (Fsp3) is 0.833. The third-order valence-corrected chi connectivity index (χ3v) is 4.55. The Kier molecular flexibility index (Phi) is 5.79. The van der Waals surface area contributed by atoms with E-state index in [1.54, 1.807) is 37.4 Å². The molecule has 1 unspecified atom stereocenters. The second kappa shape index (κ2) is 6.66. The summed E-state index contributed by atoms with van der Waals surface area (Å²) >= 11 is 7.50. The Morgan fingerprint density at radius 1 is 1.50 bits per heavy atom. The molecule has 0 spiro atoms. The molecule has 0 saturated carbocycles. The van der Waals surface area contributed by atoms with E-state index in [4.69, 9.17) is 16.3 Å². The lowest BCUT2D eigenvalue weighted by atomic mass is 9.93. The van der Waals surface area contributed by atoms with Crippen LogP contribution in [0, 0.1) is 5.41 Å². The zero-order valence-electron chi connectivity index (χ0n) is 11.1. The first-order chi connectivity index (χ1) is 8.44. The van der Waals surface area contributed by atoms with Gasteiger partial charge >= 0.3 is 5.97 Å².